The van der Waals surface area contributed by atoms with E-state index in [0.717, 1.165) is 0 Å². The van der Waals surface area contributed by atoms with Crippen LogP contribution in [0.1, 0.15) is 10.4 Å². The summed E-state index contributed by atoms with van der Waals surface area (Å²) >= 11 is 0. The Morgan fingerprint density at radius 1 is 1.28 bits per heavy atom. The maximum Gasteiger partial charge on any atom is 0.253 e. The van der Waals surface area contributed by atoms with Crippen LogP contribution in [0.3, 0.4) is 0 Å². The second-order valence-electron chi connectivity index (χ2n) is 3.48. The molecule has 6 heteroatoms. The maximum atomic E-state index is 12.1. The number of carbonyl (C=O) groups is 1. The number of hydrogen-bond acceptors (Lipinski definition) is 3. The van der Waals surface area contributed by atoms with Gasteiger partial charge in [-0.1, -0.05) is 18.2 Å². The normalized spacial score (nSPS) is 9.17. The van der Waals surface area contributed by atoms with Crippen molar-refractivity contribution in [2.75, 3.05) is 26.2 Å². The Kier molecular flexibility index (Phi) is 6.97. The molecule has 0 saturated carbocycles. The molecule has 1 rings (SSSR count). The van der Waals surface area contributed by atoms with Gasteiger partial charge in [0.1, 0.15) is 0 Å². The van der Waals surface area contributed by atoms with Crippen molar-refractivity contribution in [2.45, 2.75) is 0 Å². The van der Waals surface area contributed by atoms with Crippen LogP contribution in [0.25, 0.3) is 0 Å². The molecule has 0 aromatic heterocycles. The minimum absolute atomic E-state index is 0. The van der Waals surface area contributed by atoms with E-state index in [-0.39, 0.29) is 5.91 Å². The third kappa shape index (κ3) is 4.32. The summed E-state index contributed by atoms with van der Waals surface area (Å²) < 4.78 is 0. The summed E-state index contributed by atoms with van der Waals surface area (Å²) in [5.74, 6) is -0.0799. The zero-order chi connectivity index (χ0) is 12.5. The smallest absolute Gasteiger partial charge is 0.253 e. The SMILES string of the molecule is NCCN(CCN[C-]=O)C(=O)c1ccccc1.[Fm]. The first kappa shape index (κ1) is 15.1. The van der Waals surface area contributed by atoms with Gasteiger partial charge >= 0.3 is 0 Å². The van der Waals surface area contributed by atoms with Crippen LogP contribution in [0.5, 0.6) is 0 Å². The van der Waals surface area contributed by atoms with E-state index in [9.17, 15) is 9.59 Å². The first-order chi connectivity index (χ1) is 8.29. The third-order valence-corrected chi connectivity index (χ3v) is 2.29. The summed E-state index contributed by atoms with van der Waals surface area (Å²) in [5, 5.41) is 2.40. The quantitative estimate of drug-likeness (QED) is 0.314. The molecule has 0 aliphatic heterocycles. The second kappa shape index (κ2) is 8.29. The Labute approximate surface area is 101 Å². The van der Waals surface area contributed by atoms with Crippen LogP contribution in [0.2, 0.25) is 0 Å². The predicted octanol–water partition coefficient (Wildman–Crippen LogP) is -0.256. The van der Waals surface area contributed by atoms with Gasteiger partial charge in [-0.25, -0.2) is 0 Å². The molecule has 0 aliphatic carbocycles. The summed E-state index contributed by atoms with van der Waals surface area (Å²) in [5.41, 5.74) is 6.08. The number of nitrogens with two attached hydrogens (primary N) is 1. The van der Waals surface area contributed by atoms with E-state index < -0.39 is 0 Å². The van der Waals surface area contributed by atoms with Crippen LogP contribution in [0.15, 0.2) is 30.3 Å². The van der Waals surface area contributed by atoms with Crippen LogP contribution >= 0.6 is 0 Å². The monoisotopic (exact) mass is 491 g/mol. The van der Waals surface area contributed by atoms with Crippen LogP contribution in [-0.2, 0) is 4.79 Å². The second-order valence-corrected chi connectivity index (χ2v) is 3.48. The van der Waals surface area contributed by atoms with Crippen molar-refractivity contribution in [3.05, 3.63) is 35.9 Å². The van der Waals surface area contributed by atoms with Gasteiger partial charge in [-0.2, -0.15) is 6.41 Å². The van der Waals surface area contributed by atoms with Crippen molar-refractivity contribution in [3.63, 3.8) is 0 Å². The maximum absolute atomic E-state index is 12.1. The molecule has 0 radical (unpaired) electrons. The Balaban J connectivity index is 0.00000289. The van der Waals surface area contributed by atoms with Crippen molar-refractivity contribution in [1.82, 2.24) is 10.2 Å². The molecule has 104 valence electrons. The molecule has 0 fully saturated rings. The fourth-order valence-corrected chi connectivity index (χ4v) is 1.48. The Morgan fingerprint density at radius 3 is 2.50 bits per heavy atom. The summed E-state index contributed by atoms with van der Waals surface area (Å²) in [6, 6.07) is 8.99. The van der Waals surface area contributed by atoms with Crippen molar-refractivity contribution < 1.29 is 9.59 Å². The van der Waals surface area contributed by atoms with Crippen LogP contribution in [0.4, 0.5) is 0 Å². The minimum Gasteiger partial charge on any atom is -0.528 e. The number of nitrogens with one attached hydrogen (secondary N) is 1. The largest absolute Gasteiger partial charge is 0.528 e. The van der Waals surface area contributed by atoms with Crippen molar-refractivity contribution in [3.8, 4) is 0 Å². The van der Waals surface area contributed by atoms with Gasteiger partial charge in [0.25, 0.3) is 5.91 Å². The van der Waals surface area contributed by atoms with Crippen molar-refractivity contribution in [1.29, 1.82) is 0 Å². The summed E-state index contributed by atoms with van der Waals surface area (Å²) in [6.45, 7) is 1.67. The number of rotatable bonds is 7. The molecule has 0 unspecified atom stereocenters. The number of nitrogens with zero attached hydrogens (tertiary/aromatic N) is 1. The van der Waals surface area contributed by atoms with E-state index in [2.05, 4.69) is 5.32 Å². The fourth-order valence-electron chi connectivity index (χ4n) is 1.48. The molecule has 2 amide bonds. The average Bonchev–Trinajstić information content (AvgIpc) is 2.38. The van der Waals surface area contributed by atoms with E-state index in [4.69, 9.17) is 5.73 Å². The molecule has 0 bridgehead atoms. The van der Waals surface area contributed by atoms with Gasteiger partial charge in [-0.3, -0.25) is 4.79 Å². The standard InChI is InChI=1S/C12H16N3O2.Fm/c13-6-8-15(9-7-14-10-16)12(17)11-4-2-1-3-5-11;/h1-5H,6-9,13H2,(H,14,16);/q-1;. The first-order valence-corrected chi connectivity index (χ1v) is 5.44. The molecule has 1 aromatic rings. The average molecular weight is 491 g/mol. The topological polar surface area (TPSA) is 75.4 Å². The van der Waals surface area contributed by atoms with E-state index in [0.29, 0.717) is 31.7 Å². The van der Waals surface area contributed by atoms with Crippen LogP contribution in [0, 0.1) is 0 Å². The molecule has 0 atom stereocenters. The Morgan fingerprint density at radius 2 is 1.94 bits per heavy atom. The Bertz CT molecular complexity index is 360. The van der Waals surface area contributed by atoms with Gasteiger partial charge in [-0.15, -0.1) is 0 Å². The van der Waals surface area contributed by atoms with Crippen LogP contribution < -0.4 is 11.1 Å². The van der Waals surface area contributed by atoms with Gasteiger partial charge in [0.15, 0.2) is 0 Å². The molecular weight excluding hydrogens is 475 g/mol. The molecule has 0 aliphatic rings. The predicted molar refractivity (Wildman–Crippen MR) is 65.1 cm³/mol. The number of carbonyl (C=O) groups excluding carboxylic acids is 2. The molecule has 3 N–H and O–H groups in total. The van der Waals surface area contributed by atoms with Gasteiger partial charge in [0, 0.05) is 31.7 Å². The first-order valence-electron chi connectivity index (χ1n) is 5.44. The zero-order valence-corrected chi connectivity index (χ0v) is 12.2. The van der Waals surface area contributed by atoms with Crippen LogP contribution in [-0.4, -0.2) is 43.4 Å². The van der Waals surface area contributed by atoms with Crippen molar-refractivity contribution >= 4 is 12.3 Å². The zero-order valence-electron chi connectivity index (χ0n) is 9.84. The minimum atomic E-state index is -0.0799. The third-order valence-electron chi connectivity index (χ3n) is 2.29. The molecule has 0 heterocycles. The van der Waals surface area contributed by atoms with Gasteiger partial charge in [-0.05, 0) is 12.1 Å². The van der Waals surface area contributed by atoms with E-state index in [1.807, 2.05) is 18.2 Å². The summed E-state index contributed by atoms with van der Waals surface area (Å²) in [6.07, 6.45) is 1.57. The summed E-state index contributed by atoms with van der Waals surface area (Å²) in [7, 11) is 0. The molecule has 1 aromatic carbocycles. The fraction of sp³-hybridized carbons (Fsp3) is 0.333. The molecular formula is C12H16FmN3O2-. The van der Waals surface area contributed by atoms with E-state index >= 15 is 0 Å². The summed E-state index contributed by atoms with van der Waals surface area (Å²) in [4.78, 5) is 23.7. The van der Waals surface area contributed by atoms with Gasteiger partial charge in [0.2, 0.25) is 0 Å². The number of amides is 2. The van der Waals surface area contributed by atoms with Crippen molar-refractivity contribution in [2.24, 2.45) is 5.73 Å². The van der Waals surface area contributed by atoms with E-state index in [1.165, 1.54) is 0 Å². The van der Waals surface area contributed by atoms with Gasteiger partial charge in [0.05, 0.1) is 0 Å². The molecule has 0 spiro atoms. The number of hydrogen-bond donors (Lipinski definition) is 2. The molecule has 18 heavy (non-hydrogen) atoms. The molecule has 5 nitrogen and oxygen atoms in total. The number of benzene rings is 1. The molecule has 0 saturated heterocycles. The van der Waals surface area contributed by atoms with Gasteiger partial charge < -0.3 is 20.7 Å². The van der Waals surface area contributed by atoms with E-state index in [1.54, 1.807) is 23.4 Å². The Hall–Kier alpha value is -2.88.